The number of hydrogen-bond acceptors (Lipinski definition) is 6. The van der Waals surface area contributed by atoms with Crippen molar-refractivity contribution in [1.82, 2.24) is 0 Å². The minimum Gasteiger partial charge on any atom is -0.389 e. The maximum atomic E-state index is 10.1. The van der Waals surface area contributed by atoms with Gasteiger partial charge in [-0.25, -0.2) is 0 Å². The monoisotopic (exact) mass is 351 g/mol. The van der Waals surface area contributed by atoms with Gasteiger partial charge in [-0.05, 0) is 11.8 Å². The number of aliphatic hydroxyl groups is 1. The van der Waals surface area contributed by atoms with Crippen LogP contribution in [-0.4, -0.2) is 41.1 Å². The van der Waals surface area contributed by atoms with Crippen molar-refractivity contribution < 1.29 is 14.2 Å². The zero-order valence-corrected chi connectivity index (χ0v) is 15.7. The van der Waals surface area contributed by atoms with Crippen molar-refractivity contribution in [1.29, 1.82) is 5.26 Å². The lowest BCUT2D eigenvalue weighted by atomic mass is 10.00. The Morgan fingerprint density at radius 3 is 2.38 bits per heavy atom. The fourth-order valence-electron chi connectivity index (χ4n) is 2.31. The molecule has 7 heteroatoms. The Morgan fingerprint density at radius 2 is 1.86 bits per heavy atom. The molecule has 3 atom stereocenters. The Kier molecular flexibility index (Phi) is 9.59. The molecule has 0 aliphatic carbocycles. The van der Waals surface area contributed by atoms with Crippen LogP contribution in [0.1, 0.15) is 34.1 Å². The van der Waals surface area contributed by atoms with Crippen molar-refractivity contribution >= 4 is 30.0 Å². The molecule has 1 saturated heterocycles. The van der Waals surface area contributed by atoms with Crippen LogP contribution in [0, 0.1) is 23.2 Å². The van der Waals surface area contributed by atoms with Crippen LogP contribution in [0.4, 0.5) is 0 Å². The van der Waals surface area contributed by atoms with Crippen LogP contribution < -0.4 is 0 Å². The summed E-state index contributed by atoms with van der Waals surface area (Å²) in [5.41, 5.74) is 0.311. The van der Waals surface area contributed by atoms with Crippen LogP contribution in [0.3, 0.4) is 0 Å². The first-order valence-corrected chi connectivity index (χ1v) is 11.1. The maximum Gasteiger partial charge on any atom is 0.174 e. The third kappa shape index (κ3) is 6.64. The third-order valence-corrected chi connectivity index (χ3v) is 8.29. The van der Waals surface area contributed by atoms with Crippen molar-refractivity contribution in [3.05, 3.63) is 0 Å². The summed E-state index contributed by atoms with van der Waals surface area (Å²) < 4.78 is 12.1. The van der Waals surface area contributed by atoms with Crippen LogP contribution in [0.15, 0.2) is 0 Å². The van der Waals surface area contributed by atoms with Gasteiger partial charge in [0.1, 0.15) is 6.10 Å². The van der Waals surface area contributed by atoms with Gasteiger partial charge in [-0.15, -0.1) is 0 Å². The second-order valence-electron chi connectivity index (χ2n) is 5.79. The topological polar surface area (TPSA) is 62.5 Å². The Balaban J connectivity index is 2.72. The fourth-order valence-corrected chi connectivity index (χ4v) is 6.88. The highest BCUT2D eigenvalue weighted by atomic mass is 33.1. The van der Waals surface area contributed by atoms with Crippen LogP contribution in [0.25, 0.3) is 0 Å². The molecule has 0 aromatic heterocycles. The number of aliphatic hydroxyl groups excluding tert-OH is 1. The predicted octanol–water partition coefficient (Wildman–Crippen LogP) is 4.05. The lowest BCUT2D eigenvalue weighted by Gasteiger charge is -2.36. The largest absolute Gasteiger partial charge is 0.389 e. The van der Waals surface area contributed by atoms with Crippen molar-refractivity contribution in [2.45, 2.75) is 52.0 Å². The van der Waals surface area contributed by atoms with E-state index in [1.165, 1.54) is 0 Å². The van der Waals surface area contributed by atoms with E-state index in [1.807, 2.05) is 0 Å². The molecule has 0 saturated carbocycles. The minimum atomic E-state index is -1.10. The van der Waals surface area contributed by atoms with E-state index in [9.17, 15) is 5.11 Å². The number of rotatable bonds is 8. The molecule has 122 valence electrons. The Morgan fingerprint density at radius 1 is 1.24 bits per heavy atom. The molecule has 0 aromatic rings. The normalized spacial score (nSPS) is 24.5. The average molecular weight is 351 g/mol. The fraction of sp³-hybridized carbons (Fsp3) is 0.929. The van der Waals surface area contributed by atoms with Crippen LogP contribution in [0.5, 0.6) is 0 Å². The van der Waals surface area contributed by atoms with Gasteiger partial charge >= 0.3 is 0 Å². The molecule has 1 heterocycles. The molecule has 1 fully saturated rings. The van der Waals surface area contributed by atoms with Gasteiger partial charge in [-0.1, -0.05) is 49.3 Å². The molecule has 0 aromatic carbocycles. The van der Waals surface area contributed by atoms with E-state index in [0.29, 0.717) is 36.3 Å². The highest BCUT2D eigenvalue weighted by Gasteiger charge is 2.35. The van der Waals surface area contributed by atoms with Gasteiger partial charge in [0.05, 0.1) is 25.2 Å². The summed E-state index contributed by atoms with van der Waals surface area (Å²) in [7, 11) is 2.33. The third-order valence-electron chi connectivity index (χ3n) is 3.26. The molecule has 21 heavy (non-hydrogen) atoms. The predicted molar refractivity (Wildman–Crippen MR) is 92.4 cm³/mol. The lowest BCUT2D eigenvalue weighted by molar-refractivity contribution is 0.0593. The first kappa shape index (κ1) is 19.5. The molecular formula is C14H26NO3PS2. The highest BCUT2D eigenvalue weighted by Crippen LogP contribution is 2.52. The van der Waals surface area contributed by atoms with Crippen LogP contribution in [0.2, 0.25) is 0 Å². The maximum absolute atomic E-state index is 10.1. The van der Waals surface area contributed by atoms with E-state index in [1.54, 1.807) is 21.6 Å². The molecule has 0 bridgehead atoms. The summed E-state index contributed by atoms with van der Waals surface area (Å²) in [5, 5.41) is 18.8. The molecule has 1 aliphatic heterocycles. The Labute approximate surface area is 137 Å². The standard InChI is InChI=1S/C14H26NO3PS2/c1-10(2)14(11(3)4)19(17-7-5-6-15)18-13-9-21-20-8-12(13)16/h10-14,16H,5,7-9H2,1-4H3. The Bertz CT molecular complexity index is 331. The summed E-state index contributed by atoms with van der Waals surface area (Å²) >= 11 is 0. The van der Waals surface area contributed by atoms with Crippen molar-refractivity contribution in [2.75, 3.05) is 18.1 Å². The number of nitrogens with zero attached hydrogens (tertiary/aromatic N) is 1. The first-order valence-electron chi connectivity index (χ1n) is 7.35. The summed E-state index contributed by atoms with van der Waals surface area (Å²) in [6.07, 6.45) is -0.214. The molecule has 0 spiro atoms. The van der Waals surface area contributed by atoms with Gasteiger partial charge in [0.15, 0.2) is 8.38 Å². The van der Waals surface area contributed by atoms with E-state index >= 15 is 0 Å². The first-order chi connectivity index (χ1) is 9.97. The summed E-state index contributed by atoms with van der Waals surface area (Å²) in [6.45, 7) is 9.12. The van der Waals surface area contributed by atoms with Gasteiger partial charge in [0, 0.05) is 17.2 Å². The SMILES string of the molecule is CC(C)C(C(C)C)P(OCCC#N)OC1CSSCC1O. The average Bonchev–Trinajstić information content (AvgIpc) is 2.40. The summed E-state index contributed by atoms with van der Waals surface area (Å²) in [5.74, 6) is 2.38. The molecule has 3 unspecified atom stereocenters. The van der Waals surface area contributed by atoms with Gasteiger partial charge in [-0.3, -0.25) is 0 Å². The zero-order chi connectivity index (χ0) is 15.8. The van der Waals surface area contributed by atoms with Crippen LogP contribution in [-0.2, 0) is 9.05 Å². The molecule has 1 N–H and O–H groups in total. The van der Waals surface area contributed by atoms with Gasteiger partial charge in [0.2, 0.25) is 0 Å². The molecule has 1 aliphatic rings. The highest BCUT2D eigenvalue weighted by molar-refractivity contribution is 8.76. The van der Waals surface area contributed by atoms with E-state index in [4.69, 9.17) is 14.3 Å². The number of hydrogen-bond donors (Lipinski definition) is 1. The van der Waals surface area contributed by atoms with Gasteiger partial charge < -0.3 is 14.2 Å². The second kappa shape index (κ2) is 10.3. The van der Waals surface area contributed by atoms with Gasteiger partial charge in [-0.2, -0.15) is 5.26 Å². The van der Waals surface area contributed by atoms with Crippen molar-refractivity contribution in [3.63, 3.8) is 0 Å². The van der Waals surface area contributed by atoms with Gasteiger partial charge in [0.25, 0.3) is 0 Å². The summed E-state index contributed by atoms with van der Waals surface area (Å²) in [6, 6.07) is 2.11. The molecule has 1 rings (SSSR count). The Hall–Kier alpha value is 0.500. The number of nitriles is 1. The summed E-state index contributed by atoms with van der Waals surface area (Å²) in [4.78, 5) is 0. The quantitative estimate of drug-likeness (QED) is 0.404. The second-order valence-corrected chi connectivity index (χ2v) is 9.97. The molecular weight excluding hydrogens is 325 g/mol. The molecule has 0 radical (unpaired) electrons. The van der Waals surface area contributed by atoms with Crippen LogP contribution >= 0.6 is 30.0 Å². The minimum absolute atomic E-state index is 0.163. The van der Waals surface area contributed by atoms with Crippen molar-refractivity contribution in [2.24, 2.45) is 11.8 Å². The molecule has 4 nitrogen and oxygen atoms in total. The van der Waals surface area contributed by atoms with E-state index < -0.39 is 14.5 Å². The zero-order valence-electron chi connectivity index (χ0n) is 13.2. The molecule has 0 amide bonds. The lowest BCUT2D eigenvalue weighted by Crippen LogP contribution is -2.36. The van der Waals surface area contributed by atoms with E-state index in [2.05, 4.69) is 33.8 Å². The smallest absolute Gasteiger partial charge is 0.174 e. The van der Waals surface area contributed by atoms with Crippen molar-refractivity contribution in [3.8, 4) is 6.07 Å². The van der Waals surface area contributed by atoms with E-state index in [-0.39, 0.29) is 6.10 Å². The van der Waals surface area contributed by atoms with E-state index in [0.717, 1.165) is 5.75 Å².